The first-order valence-electron chi connectivity index (χ1n) is 6.82. The number of ether oxygens (including phenoxy) is 2. The van der Waals surface area contributed by atoms with Gasteiger partial charge >= 0.3 is 0 Å². The molecule has 1 aromatic carbocycles. The molecule has 0 saturated heterocycles. The molecule has 20 heavy (non-hydrogen) atoms. The van der Waals surface area contributed by atoms with Gasteiger partial charge in [-0.25, -0.2) is 4.39 Å². The minimum absolute atomic E-state index is 0.00891. The highest BCUT2D eigenvalue weighted by Crippen LogP contribution is 2.13. The summed E-state index contributed by atoms with van der Waals surface area (Å²) in [4.78, 5) is 13.3. The lowest BCUT2D eigenvalue weighted by atomic mass is 10.3. The number of likely N-dealkylation sites (N-methyl/N-ethyl adjacent to an activating group) is 1. The van der Waals surface area contributed by atoms with Crippen LogP contribution in [0.3, 0.4) is 0 Å². The first-order chi connectivity index (χ1) is 9.65. The van der Waals surface area contributed by atoms with Crippen molar-refractivity contribution in [1.82, 2.24) is 0 Å². The number of carbonyl (C=O) groups is 1. The zero-order chi connectivity index (χ0) is 14.8. The lowest BCUT2D eigenvalue weighted by Crippen LogP contribution is -2.30. The van der Waals surface area contributed by atoms with Gasteiger partial charge in [0.2, 0.25) is 0 Å². The molecule has 1 rings (SSSR count). The van der Waals surface area contributed by atoms with Crippen LogP contribution in [0.1, 0.15) is 19.8 Å². The predicted octanol–water partition coefficient (Wildman–Crippen LogP) is 2.62. The van der Waals surface area contributed by atoms with Crippen molar-refractivity contribution in [2.45, 2.75) is 19.8 Å². The van der Waals surface area contributed by atoms with Crippen molar-refractivity contribution in [1.29, 1.82) is 0 Å². The van der Waals surface area contributed by atoms with Crippen LogP contribution in [-0.4, -0.2) is 39.4 Å². The van der Waals surface area contributed by atoms with Crippen molar-refractivity contribution in [2.75, 3.05) is 38.4 Å². The first-order valence-corrected chi connectivity index (χ1v) is 6.82. The van der Waals surface area contributed by atoms with Crippen LogP contribution in [-0.2, 0) is 14.3 Å². The van der Waals surface area contributed by atoms with Gasteiger partial charge in [0, 0.05) is 19.3 Å². The van der Waals surface area contributed by atoms with E-state index in [-0.39, 0.29) is 18.3 Å². The van der Waals surface area contributed by atoms with Gasteiger partial charge in [-0.15, -0.1) is 0 Å². The maximum absolute atomic E-state index is 12.8. The summed E-state index contributed by atoms with van der Waals surface area (Å²) in [5.41, 5.74) is 0.638. The van der Waals surface area contributed by atoms with Crippen LogP contribution >= 0.6 is 0 Å². The monoisotopic (exact) mass is 283 g/mol. The molecule has 0 N–H and O–H groups in total. The van der Waals surface area contributed by atoms with Gasteiger partial charge in [-0.1, -0.05) is 13.3 Å². The van der Waals surface area contributed by atoms with Gasteiger partial charge < -0.3 is 14.4 Å². The van der Waals surface area contributed by atoms with E-state index in [9.17, 15) is 9.18 Å². The fourth-order valence-electron chi connectivity index (χ4n) is 1.53. The topological polar surface area (TPSA) is 38.8 Å². The maximum Gasteiger partial charge on any atom is 0.252 e. The second-order valence-corrected chi connectivity index (χ2v) is 4.45. The lowest BCUT2D eigenvalue weighted by Gasteiger charge is -2.17. The molecule has 4 nitrogen and oxygen atoms in total. The molecule has 0 radical (unpaired) electrons. The van der Waals surface area contributed by atoms with Crippen molar-refractivity contribution in [3.05, 3.63) is 30.1 Å². The summed E-state index contributed by atoms with van der Waals surface area (Å²) in [5.74, 6) is -0.500. The zero-order valence-corrected chi connectivity index (χ0v) is 12.1. The summed E-state index contributed by atoms with van der Waals surface area (Å²) in [6, 6.07) is 5.76. The third-order valence-electron chi connectivity index (χ3n) is 2.83. The molecule has 0 spiro atoms. The second kappa shape index (κ2) is 9.44. The molecule has 0 aliphatic rings. The highest BCUT2D eigenvalue weighted by molar-refractivity contribution is 5.93. The van der Waals surface area contributed by atoms with Gasteiger partial charge in [0.25, 0.3) is 5.91 Å². The van der Waals surface area contributed by atoms with E-state index in [4.69, 9.17) is 9.47 Å². The van der Waals surface area contributed by atoms with Crippen LogP contribution in [0.2, 0.25) is 0 Å². The molecule has 0 aliphatic carbocycles. The molecule has 1 amide bonds. The van der Waals surface area contributed by atoms with Crippen molar-refractivity contribution in [3.63, 3.8) is 0 Å². The number of hydrogen-bond acceptors (Lipinski definition) is 3. The number of benzene rings is 1. The summed E-state index contributed by atoms with van der Waals surface area (Å²) in [6.45, 7) is 3.71. The van der Waals surface area contributed by atoms with Gasteiger partial charge in [-0.2, -0.15) is 0 Å². The molecule has 1 aromatic rings. The smallest absolute Gasteiger partial charge is 0.252 e. The Morgan fingerprint density at radius 2 is 1.80 bits per heavy atom. The number of carbonyl (C=O) groups excluding carboxylic acids is 1. The number of anilines is 1. The Balaban J connectivity index is 2.20. The Kier molecular flexibility index (Phi) is 7.84. The third kappa shape index (κ3) is 6.12. The van der Waals surface area contributed by atoms with Crippen LogP contribution in [0.4, 0.5) is 10.1 Å². The van der Waals surface area contributed by atoms with Gasteiger partial charge in [0.05, 0.1) is 13.2 Å². The van der Waals surface area contributed by atoms with Gasteiger partial charge in [-0.3, -0.25) is 4.79 Å². The molecule has 0 heterocycles. The van der Waals surface area contributed by atoms with Crippen molar-refractivity contribution < 1.29 is 18.7 Å². The molecule has 0 saturated carbocycles. The predicted molar refractivity (Wildman–Crippen MR) is 76.4 cm³/mol. The Morgan fingerprint density at radius 3 is 2.45 bits per heavy atom. The fourth-order valence-corrected chi connectivity index (χ4v) is 1.53. The summed E-state index contributed by atoms with van der Waals surface area (Å²) in [6.07, 6.45) is 2.13. The molecule has 0 aromatic heterocycles. The normalized spacial score (nSPS) is 10.6. The van der Waals surface area contributed by atoms with Crippen molar-refractivity contribution in [3.8, 4) is 0 Å². The van der Waals surface area contributed by atoms with Crippen molar-refractivity contribution >= 4 is 11.6 Å². The zero-order valence-electron chi connectivity index (χ0n) is 12.1. The molecule has 0 aliphatic heterocycles. The molecule has 0 atom stereocenters. The van der Waals surface area contributed by atoms with Crippen LogP contribution in [0.15, 0.2) is 24.3 Å². The van der Waals surface area contributed by atoms with Gasteiger partial charge in [0.1, 0.15) is 12.4 Å². The Morgan fingerprint density at radius 1 is 1.15 bits per heavy atom. The minimum Gasteiger partial charge on any atom is -0.379 e. The SMILES string of the molecule is CCCCOCCOCC(=O)N(C)c1ccc(F)cc1. The largest absolute Gasteiger partial charge is 0.379 e. The van der Waals surface area contributed by atoms with Crippen LogP contribution in [0.25, 0.3) is 0 Å². The fraction of sp³-hybridized carbons (Fsp3) is 0.533. The maximum atomic E-state index is 12.8. The summed E-state index contributed by atoms with van der Waals surface area (Å²) >= 11 is 0. The average Bonchev–Trinajstić information content (AvgIpc) is 2.46. The van der Waals surface area contributed by atoms with E-state index in [2.05, 4.69) is 6.92 Å². The molecule has 0 fully saturated rings. The van der Waals surface area contributed by atoms with Crippen LogP contribution < -0.4 is 4.90 Å². The Hall–Kier alpha value is -1.46. The lowest BCUT2D eigenvalue weighted by molar-refractivity contribution is -0.123. The number of halogens is 1. The van der Waals surface area contributed by atoms with E-state index in [0.717, 1.165) is 19.4 Å². The summed E-state index contributed by atoms with van der Waals surface area (Å²) in [5, 5.41) is 0. The number of amides is 1. The molecule has 0 bridgehead atoms. The van der Waals surface area contributed by atoms with Gasteiger partial charge in [-0.05, 0) is 30.7 Å². The summed E-state index contributed by atoms with van der Waals surface area (Å²) < 4.78 is 23.4. The molecule has 5 heteroatoms. The number of hydrogen-bond donors (Lipinski definition) is 0. The molecule has 112 valence electrons. The average molecular weight is 283 g/mol. The van der Waals surface area contributed by atoms with E-state index >= 15 is 0 Å². The summed E-state index contributed by atoms with van der Waals surface area (Å²) in [7, 11) is 1.64. The minimum atomic E-state index is -0.324. The second-order valence-electron chi connectivity index (χ2n) is 4.45. The molecular formula is C15H22FNO3. The van der Waals surface area contributed by atoms with Crippen molar-refractivity contribution in [2.24, 2.45) is 0 Å². The van der Waals surface area contributed by atoms with E-state index in [0.29, 0.717) is 18.9 Å². The number of rotatable bonds is 9. The van der Waals surface area contributed by atoms with E-state index in [1.54, 1.807) is 19.2 Å². The van der Waals surface area contributed by atoms with Crippen LogP contribution in [0, 0.1) is 5.82 Å². The standard InChI is InChI=1S/C15H22FNO3/c1-3-4-9-19-10-11-20-12-15(18)17(2)14-7-5-13(16)6-8-14/h5-8H,3-4,9-12H2,1-2H3. The number of unbranched alkanes of at least 4 members (excludes halogenated alkanes) is 1. The van der Waals surface area contributed by atoms with Gasteiger partial charge in [0.15, 0.2) is 0 Å². The quantitative estimate of drug-likeness (QED) is 0.654. The third-order valence-corrected chi connectivity index (χ3v) is 2.83. The molecule has 0 unspecified atom stereocenters. The Labute approximate surface area is 119 Å². The first kappa shape index (κ1) is 16.6. The van der Waals surface area contributed by atoms with E-state index in [1.807, 2.05) is 0 Å². The highest BCUT2D eigenvalue weighted by atomic mass is 19.1. The molecular weight excluding hydrogens is 261 g/mol. The number of nitrogens with zero attached hydrogens (tertiary/aromatic N) is 1. The Bertz CT molecular complexity index is 395. The van der Waals surface area contributed by atoms with E-state index < -0.39 is 0 Å². The van der Waals surface area contributed by atoms with Crippen LogP contribution in [0.5, 0.6) is 0 Å². The highest BCUT2D eigenvalue weighted by Gasteiger charge is 2.10. The van der Waals surface area contributed by atoms with E-state index in [1.165, 1.54) is 17.0 Å².